The molecule has 0 aliphatic rings. The molecule has 0 aromatic carbocycles. The highest BCUT2D eigenvalue weighted by molar-refractivity contribution is 7.85. The molecule has 0 unspecified atom stereocenters. The lowest BCUT2D eigenvalue weighted by Crippen LogP contribution is -1.99. The van der Waals surface area contributed by atoms with E-state index < -0.39 is 17.9 Å². The monoisotopic (exact) mass is 260 g/mol. The molecule has 0 aromatic heterocycles. The van der Waals surface area contributed by atoms with E-state index in [-0.39, 0.29) is 11.5 Å². The Morgan fingerprint density at radius 1 is 1.53 bits per heavy atom. The molecule has 90 valence electrons. The van der Waals surface area contributed by atoms with Crippen LogP contribution in [0.25, 0.3) is 0 Å². The van der Waals surface area contributed by atoms with Crippen LogP contribution in [0, 0.1) is 0 Å². The van der Waals surface area contributed by atoms with E-state index in [0.29, 0.717) is 0 Å². The third-order valence-corrected chi connectivity index (χ3v) is 1.81. The van der Waals surface area contributed by atoms with Crippen molar-refractivity contribution in [3.8, 4) is 0 Å². The van der Waals surface area contributed by atoms with Crippen LogP contribution in [-0.2, 0) is 19.2 Å². The number of phosphoric ester groups is 1. The number of allylic oxidation sites excluding steroid dienone is 1. The van der Waals surface area contributed by atoms with Gasteiger partial charge in [0.05, 0.1) is 11.5 Å². The van der Waals surface area contributed by atoms with Gasteiger partial charge in [-0.15, -0.1) is 6.58 Å². The van der Waals surface area contributed by atoms with E-state index >= 15 is 0 Å². The maximum Gasteiger partial charge on any atom is 0.524 e. The van der Waals surface area contributed by atoms with Gasteiger partial charge in [0.1, 0.15) is 0 Å². The van der Waals surface area contributed by atoms with Gasteiger partial charge in [0.2, 0.25) is 0 Å². The van der Waals surface area contributed by atoms with Crippen LogP contribution in [0.2, 0.25) is 0 Å². The molecule has 0 aliphatic heterocycles. The van der Waals surface area contributed by atoms with Gasteiger partial charge in [-0.3, -0.25) is 14.3 Å². The SMILES string of the molecule is C=C(C)OP(=O)(O)O.C=CCS(=O)(=O)O. The lowest BCUT2D eigenvalue weighted by Gasteiger charge is -2.03. The summed E-state index contributed by atoms with van der Waals surface area (Å²) in [5, 5.41) is 0. The topological polar surface area (TPSA) is 121 Å². The van der Waals surface area contributed by atoms with Crippen molar-refractivity contribution in [1.29, 1.82) is 0 Å². The molecule has 0 amide bonds. The van der Waals surface area contributed by atoms with Crippen LogP contribution < -0.4 is 0 Å². The minimum absolute atomic E-state index is 0.0123. The summed E-state index contributed by atoms with van der Waals surface area (Å²) in [7, 11) is -8.11. The first-order chi connectivity index (χ1) is 6.48. The second kappa shape index (κ2) is 6.76. The van der Waals surface area contributed by atoms with Crippen LogP contribution in [0.15, 0.2) is 25.0 Å². The third-order valence-electron chi connectivity index (χ3n) is 0.603. The average Bonchev–Trinajstić information content (AvgIpc) is 1.77. The van der Waals surface area contributed by atoms with E-state index in [0.717, 1.165) is 6.08 Å². The summed E-state index contributed by atoms with van der Waals surface area (Å²) in [6, 6.07) is 0. The zero-order valence-corrected chi connectivity index (χ0v) is 9.74. The highest BCUT2D eigenvalue weighted by atomic mass is 32.2. The highest BCUT2D eigenvalue weighted by Crippen LogP contribution is 2.37. The van der Waals surface area contributed by atoms with Gasteiger partial charge in [0.15, 0.2) is 0 Å². The molecular weight excluding hydrogens is 247 g/mol. The van der Waals surface area contributed by atoms with Crippen molar-refractivity contribution in [3.05, 3.63) is 25.0 Å². The predicted octanol–water partition coefficient (Wildman–Crippen LogP) is 0.690. The van der Waals surface area contributed by atoms with Gasteiger partial charge in [-0.05, 0) is 6.92 Å². The summed E-state index contributed by atoms with van der Waals surface area (Å²) in [5.41, 5.74) is 0. The molecule has 0 aliphatic carbocycles. The fourth-order valence-electron chi connectivity index (χ4n) is 0.352. The van der Waals surface area contributed by atoms with Crippen LogP contribution in [0.4, 0.5) is 0 Å². The Kier molecular flexibility index (Phi) is 7.55. The molecule has 7 nitrogen and oxygen atoms in total. The molecule has 9 heteroatoms. The Hall–Kier alpha value is -0.660. The zero-order chi connectivity index (χ0) is 12.7. The lowest BCUT2D eigenvalue weighted by atomic mass is 10.7. The van der Waals surface area contributed by atoms with E-state index in [1.54, 1.807) is 0 Å². The fraction of sp³-hybridized carbons (Fsp3) is 0.333. The van der Waals surface area contributed by atoms with Crippen molar-refractivity contribution >= 4 is 17.9 Å². The van der Waals surface area contributed by atoms with Gasteiger partial charge in [0, 0.05) is 0 Å². The zero-order valence-electron chi connectivity index (χ0n) is 8.03. The Morgan fingerprint density at radius 2 is 1.93 bits per heavy atom. The first-order valence-electron chi connectivity index (χ1n) is 3.44. The second-order valence-electron chi connectivity index (χ2n) is 2.32. The van der Waals surface area contributed by atoms with Gasteiger partial charge in [-0.25, -0.2) is 4.57 Å². The Labute approximate surface area is 88.1 Å². The molecule has 0 aromatic rings. The maximum absolute atomic E-state index is 9.85. The largest absolute Gasteiger partial charge is 0.524 e. The van der Waals surface area contributed by atoms with Crippen LogP contribution >= 0.6 is 7.82 Å². The van der Waals surface area contributed by atoms with Crippen molar-refractivity contribution in [2.75, 3.05) is 5.75 Å². The van der Waals surface area contributed by atoms with Gasteiger partial charge in [-0.1, -0.05) is 12.7 Å². The molecule has 3 N–H and O–H groups in total. The molecule has 0 spiro atoms. The van der Waals surface area contributed by atoms with Crippen molar-refractivity contribution < 1.29 is 31.8 Å². The van der Waals surface area contributed by atoms with E-state index in [9.17, 15) is 13.0 Å². The quantitative estimate of drug-likeness (QED) is 0.294. The molecule has 0 saturated heterocycles. The van der Waals surface area contributed by atoms with E-state index in [1.165, 1.54) is 6.92 Å². The normalized spacial score (nSPS) is 10.9. The van der Waals surface area contributed by atoms with Crippen LogP contribution in [0.3, 0.4) is 0 Å². The Bertz CT molecular complexity index is 352. The number of hydrogen-bond acceptors (Lipinski definition) is 4. The molecule has 0 bridgehead atoms. The van der Waals surface area contributed by atoms with E-state index in [2.05, 4.69) is 17.7 Å². The van der Waals surface area contributed by atoms with E-state index in [1.807, 2.05) is 0 Å². The van der Waals surface area contributed by atoms with Crippen molar-refractivity contribution in [2.24, 2.45) is 0 Å². The fourth-order valence-corrected chi connectivity index (χ4v) is 1.06. The molecule has 0 rings (SSSR count). The highest BCUT2D eigenvalue weighted by Gasteiger charge is 2.13. The number of phosphoric acid groups is 1. The summed E-state index contributed by atoms with van der Waals surface area (Å²) in [6.07, 6.45) is 1.12. The number of hydrogen-bond donors (Lipinski definition) is 3. The summed E-state index contributed by atoms with van der Waals surface area (Å²) in [6.45, 7) is 7.59. The Morgan fingerprint density at radius 3 is 1.93 bits per heavy atom. The molecule has 0 saturated carbocycles. The van der Waals surface area contributed by atoms with E-state index in [4.69, 9.17) is 14.3 Å². The van der Waals surface area contributed by atoms with Crippen molar-refractivity contribution in [3.63, 3.8) is 0 Å². The van der Waals surface area contributed by atoms with Crippen LogP contribution in [0.5, 0.6) is 0 Å². The maximum atomic E-state index is 9.85. The standard InChI is InChI=1S/C3H7O4P.C3H6O3S/c1-3(2)7-8(4,5)6;1-2-3-7(4,5)6/h1H2,2H3,(H2,4,5,6);2H,1,3H2,(H,4,5,6). The minimum atomic E-state index is -4.32. The van der Waals surface area contributed by atoms with Crippen molar-refractivity contribution in [2.45, 2.75) is 6.92 Å². The molecule has 0 radical (unpaired) electrons. The Balaban J connectivity index is 0. The molecule has 15 heavy (non-hydrogen) atoms. The molecule has 0 atom stereocenters. The van der Waals surface area contributed by atoms with Crippen LogP contribution in [0.1, 0.15) is 6.92 Å². The van der Waals surface area contributed by atoms with Gasteiger partial charge >= 0.3 is 7.82 Å². The second-order valence-corrected chi connectivity index (χ2v) is 4.98. The molecular formula is C6H13O7PS. The summed E-state index contributed by atoms with van der Waals surface area (Å²) in [5.74, 6) is -0.356. The summed E-state index contributed by atoms with van der Waals surface area (Å²) >= 11 is 0. The predicted molar refractivity (Wildman–Crippen MR) is 54.6 cm³/mol. The number of rotatable bonds is 4. The molecule has 0 heterocycles. The summed E-state index contributed by atoms with van der Waals surface area (Å²) < 4.78 is 41.1. The third kappa shape index (κ3) is 24.7. The minimum Gasteiger partial charge on any atom is -0.410 e. The van der Waals surface area contributed by atoms with Crippen molar-refractivity contribution in [1.82, 2.24) is 0 Å². The van der Waals surface area contributed by atoms with Gasteiger partial charge in [-0.2, -0.15) is 8.42 Å². The first-order valence-corrected chi connectivity index (χ1v) is 6.58. The summed E-state index contributed by atoms with van der Waals surface area (Å²) in [4.78, 5) is 16.0. The average molecular weight is 260 g/mol. The lowest BCUT2D eigenvalue weighted by molar-refractivity contribution is 0.244. The van der Waals surface area contributed by atoms with Crippen LogP contribution in [-0.4, -0.2) is 28.5 Å². The smallest absolute Gasteiger partial charge is 0.410 e. The first kappa shape index (κ1) is 16.8. The van der Waals surface area contributed by atoms with Gasteiger partial charge in [0.25, 0.3) is 10.1 Å². The van der Waals surface area contributed by atoms with Gasteiger partial charge < -0.3 is 4.52 Å². The molecule has 0 fully saturated rings.